The van der Waals surface area contributed by atoms with Gasteiger partial charge in [-0.05, 0) is 40.3 Å². The van der Waals surface area contributed by atoms with Gasteiger partial charge in [0.05, 0.1) is 3.57 Å². The molecule has 19 heavy (non-hydrogen) atoms. The van der Waals surface area contributed by atoms with E-state index in [1.54, 1.807) is 0 Å². The van der Waals surface area contributed by atoms with Gasteiger partial charge in [-0.1, -0.05) is 30.3 Å². The van der Waals surface area contributed by atoms with Crippen LogP contribution in [0, 0.1) is 3.57 Å². The van der Waals surface area contributed by atoms with E-state index in [0.717, 1.165) is 11.6 Å². The smallest absolute Gasteiger partial charge is 0.433 e. The maximum Gasteiger partial charge on any atom is 0.433 e. The Kier molecular flexibility index (Phi) is 4.28. The third-order valence-electron chi connectivity index (χ3n) is 2.32. The number of benzene rings is 1. The maximum atomic E-state index is 12.5. The Morgan fingerprint density at radius 2 is 1.74 bits per heavy atom. The van der Waals surface area contributed by atoms with Crippen LogP contribution in [-0.4, -0.2) is 4.98 Å². The molecule has 2 aromatic rings. The van der Waals surface area contributed by atoms with Crippen molar-refractivity contribution in [2.75, 3.05) is 0 Å². The molecule has 100 valence electrons. The summed E-state index contributed by atoms with van der Waals surface area (Å²) < 4.78 is 43.5. The van der Waals surface area contributed by atoms with Crippen LogP contribution in [0.4, 0.5) is 13.2 Å². The maximum absolute atomic E-state index is 12.5. The summed E-state index contributed by atoms with van der Waals surface area (Å²) in [6.45, 7) is 0.186. The van der Waals surface area contributed by atoms with Crippen molar-refractivity contribution in [2.24, 2.45) is 0 Å². The molecule has 2 nitrogen and oxygen atoms in total. The molecule has 0 aliphatic heterocycles. The predicted molar refractivity (Wildman–Crippen MR) is 72.7 cm³/mol. The molecule has 0 bridgehead atoms. The first kappa shape index (κ1) is 14.1. The minimum atomic E-state index is -4.46. The van der Waals surface area contributed by atoms with E-state index in [0.29, 0.717) is 3.57 Å². The monoisotopic (exact) mass is 379 g/mol. The fourth-order valence-electron chi connectivity index (χ4n) is 1.41. The van der Waals surface area contributed by atoms with Crippen LogP contribution in [0.15, 0.2) is 42.5 Å². The summed E-state index contributed by atoms with van der Waals surface area (Å²) in [5.74, 6) is -0.000668. The highest BCUT2D eigenvalue weighted by Gasteiger charge is 2.33. The second-order valence-corrected chi connectivity index (χ2v) is 4.92. The van der Waals surface area contributed by atoms with Gasteiger partial charge in [0.15, 0.2) is 0 Å². The average Bonchev–Trinajstić information content (AvgIpc) is 2.37. The Balaban J connectivity index is 2.16. The molecule has 0 unspecified atom stereocenters. The van der Waals surface area contributed by atoms with Gasteiger partial charge in [-0.2, -0.15) is 13.2 Å². The Labute approximate surface area is 121 Å². The van der Waals surface area contributed by atoms with Crippen LogP contribution in [-0.2, 0) is 12.8 Å². The standard InChI is InChI=1S/C13H9F3INO/c14-13(15,16)11-7-6-10(17)12(18-11)19-8-9-4-2-1-3-5-9/h1-7H,8H2. The first-order valence-corrected chi connectivity index (χ1v) is 6.45. The number of aromatic nitrogens is 1. The van der Waals surface area contributed by atoms with Crippen molar-refractivity contribution in [1.29, 1.82) is 0 Å². The van der Waals surface area contributed by atoms with Crippen molar-refractivity contribution in [3.8, 4) is 5.88 Å². The van der Waals surface area contributed by atoms with Crippen LogP contribution >= 0.6 is 22.6 Å². The third-order valence-corrected chi connectivity index (χ3v) is 3.14. The molecule has 0 N–H and O–H groups in total. The number of nitrogens with zero attached hydrogens (tertiary/aromatic N) is 1. The van der Waals surface area contributed by atoms with Crippen molar-refractivity contribution < 1.29 is 17.9 Å². The summed E-state index contributed by atoms with van der Waals surface area (Å²) in [6, 6.07) is 11.5. The zero-order chi connectivity index (χ0) is 13.9. The Morgan fingerprint density at radius 3 is 2.37 bits per heavy atom. The molecule has 0 spiro atoms. The molecule has 2 rings (SSSR count). The van der Waals surface area contributed by atoms with Gasteiger partial charge in [0.25, 0.3) is 0 Å². The Bertz CT molecular complexity index is 558. The zero-order valence-corrected chi connectivity index (χ0v) is 11.8. The normalized spacial score (nSPS) is 11.4. The molecule has 0 aliphatic carbocycles. The van der Waals surface area contributed by atoms with E-state index >= 15 is 0 Å². The number of halogens is 4. The summed E-state index contributed by atoms with van der Waals surface area (Å²) >= 11 is 1.89. The van der Waals surface area contributed by atoms with E-state index in [4.69, 9.17) is 4.74 Å². The summed E-state index contributed by atoms with van der Waals surface area (Å²) in [5.41, 5.74) is -0.0755. The van der Waals surface area contributed by atoms with Gasteiger partial charge in [0.2, 0.25) is 5.88 Å². The highest BCUT2D eigenvalue weighted by Crippen LogP contribution is 2.30. The van der Waals surface area contributed by atoms with E-state index in [9.17, 15) is 13.2 Å². The molecule has 1 heterocycles. The molecule has 0 saturated carbocycles. The van der Waals surface area contributed by atoms with E-state index in [1.165, 1.54) is 6.07 Å². The number of hydrogen-bond acceptors (Lipinski definition) is 2. The molecule has 0 radical (unpaired) electrons. The third kappa shape index (κ3) is 3.82. The molecule has 1 aromatic heterocycles. The van der Waals surface area contributed by atoms with Crippen LogP contribution in [0.25, 0.3) is 0 Å². The largest absolute Gasteiger partial charge is 0.472 e. The molecule has 0 aliphatic rings. The van der Waals surface area contributed by atoms with Gasteiger partial charge < -0.3 is 4.74 Å². The van der Waals surface area contributed by atoms with Gasteiger partial charge >= 0.3 is 6.18 Å². The fraction of sp³-hybridized carbons (Fsp3) is 0.154. The van der Waals surface area contributed by atoms with E-state index in [1.807, 2.05) is 52.9 Å². The van der Waals surface area contributed by atoms with Crippen LogP contribution in [0.2, 0.25) is 0 Å². The SMILES string of the molecule is FC(F)(F)c1ccc(I)c(OCc2ccccc2)n1. The lowest BCUT2D eigenvalue weighted by atomic mass is 10.2. The molecule has 0 amide bonds. The minimum absolute atomic E-state index is 0.000668. The molecule has 1 aromatic carbocycles. The summed E-state index contributed by atoms with van der Waals surface area (Å²) in [4.78, 5) is 3.50. The Hall–Kier alpha value is -1.31. The second-order valence-electron chi connectivity index (χ2n) is 3.76. The summed E-state index contributed by atoms with van der Waals surface area (Å²) in [6.07, 6.45) is -4.46. The molecule has 0 atom stereocenters. The van der Waals surface area contributed by atoms with Crippen LogP contribution in [0.5, 0.6) is 5.88 Å². The summed E-state index contributed by atoms with van der Waals surface area (Å²) in [7, 11) is 0. The van der Waals surface area contributed by atoms with Crippen molar-refractivity contribution in [3.63, 3.8) is 0 Å². The van der Waals surface area contributed by atoms with Crippen molar-refractivity contribution in [1.82, 2.24) is 4.98 Å². The minimum Gasteiger partial charge on any atom is -0.472 e. The van der Waals surface area contributed by atoms with E-state index in [2.05, 4.69) is 4.98 Å². The lowest BCUT2D eigenvalue weighted by Crippen LogP contribution is -2.10. The van der Waals surface area contributed by atoms with Gasteiger partial charge in [-0.3, -0.25) is 0 Å². The van der Waals surface area contributed by atoms with Gasteiger partial charge in [-0.15, -0.1) is 0 Å². The molecular formula is C13H9F3INO. The number of alkyl halides is 3. The first-order chi connectivity index (χ1) is 8.97. The molecular weight excluding hydrogens is 370 g/mol. The van der Waals surface area contributed by atoms with Crippen molar-refractivity contribution in [3.05, 3.63) is 57.3 Å². The summed E-state index contributed by atoms with van der Waals surface area (Å²) in [5, 5.41) is 0. The average molecular weight is 379 g/mol. The van der Waals surface area contributed by atoms with Crippen molar-refractivity contribution in [2.45, 2.75) is 12.8 Å². The molecule has 6 heteroatoms. The van der Waals surface area contributed by atoms with Gasteiger partial charge in [-0.25, -0.2) is 4.98 Å². The van der Waals surface area contributed by atoms with E-state index < -0.39 is 11.9 Å². The first-order valence-electron chi connectivity index (χ1n) is 5.37. The van der Waals surface area contributed by atoms with E-state index in [-0.39, 0.29) is 12.5 Å². The number of pyridine rings is 1. The highest BCUT2D eigenvalue weighted by atomic mass is 127. The Morgan fingerprint density at radius 1 is 1.05 bits per heavy atom. The van der Waals surface area contributed by atoms with Crippen LogP contribution in [0.1, 0.15) is 11.3 Å². The number of ether oxygens (including phenoxy) is 1. The van der Waals surface area contributed by atoms with Crippen LogP contribution < -0.4 is 4.74 Å². The van der Waals surface area contributed by atoms with Gasteiger partial charge in [0.1, 0.15) is 12.3 Å². The lowest BCUT2D eigenvalue weighted by Gasteiger charge is -2.10. The van der Waals surface area contributed by atoms with Crippen molar-refractivity contribution >= 4 is 22.6 Å². The lowest BCUT2D eigenvalue weighted by molar-refractivity contribution is -0.141. The number of rotatable bonds is 3. The van der Waals surface area contributed by atoms with Crippen LogP contribution in [0.3, 0.4) is 0 Å². The molecule has 0 fully saturated rings. The fourth-order valence-corrected chi connectivity index (χ4v) is 1.86. The predicted octanol–water partition coefficient (Wildman–Crippen LogP) is 4.28. The number of hydrogen-bond donors (Lipinski definition) is 0. The second kappa shape index (κ2) is 5.77. The van der Waals surface area contributed by atoms with Gasteiger partial charge in [0, 0.05) is 0 Å². The zero-order valence-electron chi connectivity index (χ0n) is 9.62. The quantitative estimate of drug-likeness (QED) is 0.743. The highest BCUT2D eigenvalue weighted by molar-refractivity contribution is 14.1. The topological polar surface area (TPSA) is 22.1 Å². The molecule has 0 saturated heterocycles.